The summed E-state index contributed by atoms with van der Waals surface area (Å²) in [5.41, 5.74) is -0.342. The summed E-state index contributed by atoms with van der Waals surface area (Å²) in [6, 6.07) is 6.46. The molecule has 29 heavy (non-hydrogen) atoms. The number of carbonyl (C=O) groups is 3. The van der Waals surface area contributed by atoms with Gasteiger partial charge in [0.05, 0.1) is 24.5 Å². The molecule has 1 aromatic carbocycles. The van der Waals surface area contributed by atoms with Gasteiger partial charge >= 0.3 is 0 Å². The molecule has 156 valence electrons. The van der Waals surface area contributed by atoms with Crippen LogP contribution < -0.4 is 5.32 Å². The molecule has 1 N–H and O–H groups in total. The Labute approximate surface area is 169 Å². The van der Waals surface area contributed by atoms with Crippen molar-refractivity contribution >= 4 is 17.7 Å². The lowest BCUT2D eigenvalue weighted by Crippen LogP contribution is -2.66. The number of ether oxygens (including phenoxy) is 1. The molecule has 0 unspecified atom stereocenters. The lowest BCUT2D eigenvalue weighted by molar-refractivity contribution is -0.160. The quantitative estimate of drug-likeness (QED) is 0.754. The maximum absolute atomic E-state index is 14.3. The van der Waals surface area contributed by atoms with Crippen molar-refractivity contribution in [2.45, 2.75) is 25.3 Å². The van der Waals surface area contributed by atoms with Gasteiger partial charge in [0, 0.05) is 45.6 Å². The summed E-state index contributed by atoms with van der Waals surface area (Å²) in [6.45, 7) is 1.89. The number of fused-ring (bicyclic) bond motifs is 1. The van der Waals surface area contributed by atoms with Crippen LogP contribution in [0.5, 0.6) is 0 Å². The zero-order valence-electron chi connectivity index (χ0n) is 16.5. The first-order valence-corrected chi connectivity index (χ1v) is 10.0. The molecular formula is C21H26FN3O4. The highest BCUT2D eigenvalue weighted by Crippen LogP contribution is 2.39. The molecule has 0 aliphatic carbocycles. The molecule has 0 saturated carbocycles. The molecule has 3 aliphatic heterocycles. The van der Waals surface area contributed by atoms with Crippen LogP contribution in [0.1, 0.15) is 18.4 Å². The van der Waals surface area contributed by atoms with Gasteiger partial charge in [-0.25, -0.2) is 4.39 Å². The van der Waals surface area contributed by atoms with Gasteiger partial charge in [-0.2, -0.15) is 0 Å². The van der Waals surface area contributed by atoms with E-state index < -0.39 is 5.41 Å². The monoisotopic (exact) mass is 403 g/mol. The molecule has 3 fully saturated rings. The maximum atomic E-state index is 14.3. The van der Waals surface area contributed by atoms with E-state index in [2.05, 4.69) is 5.32 Å². The number of rotatable bonds is 6. The van der Waals surface area contributed by atoms with E-state index >= 15 is 0 Å². The van der Waals surface area contributed by atoms with E-state index in [-0.39, 0.29) is 61.4 Å². The topological polar surface area (TPSA) is 79.0 Å². The van der Waals surface area contributed by atoms with Gasteiger partial charge in [0.25, 0.3) is 0 Å². The van der Waals surface area contributed by atoms with Crippen molar-refractivity contribution in [1.82, 2.24) is 15.1 Å². The SMILES string of the molecule is COCCC(=O)N1CC(Cc2ccccc2F)(C(=O)N2C[C@@H]3CC(=O)N[C@@H]3C2)C1. The van der Waals surface area contributed by atoms with Crippen molar-refractivity contribution in [1.29, 1.82) is 0 Å². The summed E-state index contributed by atoms with van der Waals surface area (Å²) in [6.07, 6.45) is 0.960. The van der Waals surface area contributed by atoms with E-state index in [1.54, 1.807) is 35.1 Å². The van der Waals surface area contributed by atoms with E-state index in [1.807, 2.05) is 0 Å². The van der Waals surface area contributed by atoms with Gasteiger partial charge in [0.1, 0.15) is 5.82 Å². The molecule has 0 aromatic heterocycles. The van der Waals surface area contributed by atoms with Crippen LogP contribution in [0.15, 0.2) is 24.3 Å². The number of likely N-dealkylation sites (tertiary alicyclic amines) is 2. The number of amides is 3. The minimum Gasteiger partial charge on any atom is -0.384 e. The van der Waals surface area contributed by atoms with Crippen LogP contribution in [-0.2, 0) is 25.5 Å². The minimum absolute atomic E-state index is 0.00326. The van der Waals surface area contributed by atoms with Gasteiger partial charge in [-0.1, -0.05) is 18.2 Å². The third kappa shape index (κ3) is 3.73. The van der Waals surface area contributed by atoms with Crippen LogP contribution in [0.3, 0.4) is 0 Å². The first kappa shape index (κ1) is 19.8. The summed E-state index contributed by atoms with van der Waals surface area (Å²) in [5, 5.41) is 2.93. The van der Waals surface area contributed by atoms with Crippen molar-refractivity contribution in [3.05, 3.63) is 35.6 Å². The minimum atomic E-state index is -0.826. The maximum Gasteiger partial charge on any atom is 0.232 e. The fraction of sp³-hybridized carbons (Fsp3) is 0.571. The number of carbonyl (C=O) groups excluding carboxylic acids is 3. The van der Waals surface area contributed by atoms with Gasteiger partial charge in [-0.3, -0.25) is 14.4 Å². The summed E-state index contributed by atoms with van der Waals surface area (Å²) in [7, 11) is 1.54. The smallest absolute Gasteiger partial charge is 0.232 e. The number of halogens is 1. The molecule has 4 rings (SSSR count). The Kier molecular flexibility index (Phi) is 5.29. The number of hydrogen-bond acceptors (Lipinski definition) is 4. The standard InChI is InChI=1S/C21H26FN3O4/c1-29-7-6-19(27)25-12-21(13-25,9-14-4-2-3-5-16(14)22)20(28)24-10-15-8-18(26)23-17(15)11-24/h2-5,15,17H,6-13H2,1H3,(H,23,26)/t15-,17+/m0/s1. The molecule has 1 aromatic rings. The first-order valence-electron chi connectivity index (χ1n) is 10.0. The third-order valence-corrected chi connectivity index (χ3v) is 6.32. The molecule has 3 amide bonds. The summed E-state index contributed by atoms with van der Waals surface area (Å²) >= 11 is 0. The average Bonchev–Trinajstić information content (AvgIpc) is 3.20. The number of methoxy groups -OCH3 is 1. The fourth-order valence-electron chi connectivity index (χ4n) is 4.78. The predicted octanol–water partition coefficient (Wildman–Crippen LogP) is 0.580. The first-order chi connectivity index (χ1) is 13.9. The molecule has 0 spiro atoms. The molecular weight excluding hydrogens is 377 g/mol. The number of hydrogen-bond donors (Lipinski definition) is 1. The lowest BCUT2D eigenvalue weighted by Gasteiger charge is -2.50. The molecule has 8 heteroatoms. The zero-order valence-corrected chi connectivity index (χ0v) is 16.5. The number of benzene rings is 1. The van der Waals surface area contributed by atoms with Crippen LogP contribution in [0.25, 0.3) is 0 Å². The van der Waals surface area contributed by atoms with Crippen LogP contribution in [0.4, 0.5) is 4.39 Å². The highest BCUT2D eigenvalue weighted by atomic mass is 19.1. The van der Waals surface area contributed by atoms with Crippen LogP contribution >= 0.6 is 0 Å². The Balaban J connectivity index is 1.50. The van der Waals surface area contributed by atoms with Crippen LogP contribution in [0.2, 0.25) is 0 Å². The summed E-state index contributed by atoms with van der Waals surface area (Å²) in [4.78, 5) is 40.8. The van der Waals surface area contributed by atoms with Crippen molar-refractivity contribution < 1.29 is 23.5 Å². The summed E-state index contributed by atoms with van der Waals surface area (Å²) in [5.74, 6) is -0.285. The van der Waals surface area contributed by atoms with Crippen LogP contribution in [0, 0.1) is 17.2 Å². The Hall–Kier alpha value is -2.48. The number of nitrogens with zero attached hydrogens (tertiary/aromatic N) is 2. The van der Waals surface area contributed by atoms with Gasteiger partial charge in [-0.05, 0) is 18.1 Å². The largest absolute Gasteiger partial charge is 0.384 e. The lowest BCUT2D eigenvalue weighted by atomic mass is 9.73. The van der Waals surface area contributed by atoms with Gasteiger partial charge in [-0.15, -0.1) is 0 Å². The van der Waals surface area contributed by atoms with Gasteiger partial charge in [0.2, 0.25) is 17.7 Å². The zero-order chi connectivity index (χ0) is 20.6. The van der Waals surface area contributed by atoms with E-state index in [0.29, 0.717) is 31.7 Å². The second kappa shape index (κ2) is 7.74. The van der Waals surface area contributed by atoms with Crippen molar-refractivity contribution in [2.75, 3.05) is 39.9 Å². The van der Waals surface area contributed by atoms with Crippen molar-refractivity contribution in [3.8, 4) is 0 Å². The molecule has 7 nitrogen and oxygen atoms in total. The molecule has 0 bridgehead atoms. The molecule has 3 aliphatic rings. The van der Waals surface area contributed by atoms with E-state index in [4.69, 9.17) is 4.74 Å². The van der Waals surface area contributed by atoms with Crippen molar-refractivity contribution in [3.63, 3.8) is 0 Å². The van der Waals surface area contributed by atoms with E-state index in [1.165, 1.54) is 6.07 Å². The third-order valence-electron chi connectivity index (χ3n) is 6.32. The van der Waals surface area contributed by atoms with E-state index in [9.17, 15) is 18.8 Å². The molecule has 3 heterocycles. The van der Waals surface area contributed by atoms with Crippen LogP contribution in [-0.4, -0.2) is 73.5 Å². The average molecular weight is 403 g/mol. The van der Waals surface area contributed by atoms with E-state index in [0.717, 1.165) is 0 Å². The molecule has 2 atom stereocenters. The second-order valence-corrected chi connectivity index (χ2v) is 8.39. The highest BCUT2D eigenvalue weighted by molar-refractivity contribution is 5.89. The Bertz CT molecular complexity index is 808. The molecule has 3 saturated heterocycles. The number of nitrogens with one attached hydrogen (secondary N) is 1. The normalized spacial score (nSPS) is 24.8. The Morgan fingerprint density at radius 2 is 2.00 bits per heavy atom. The van der Waals surface area contributed by atoms with Crippen molar-refractivity contribution in [2.24, 2.45) is 11.3 Å². The van der Waals surface area contributed by atoms with Gasteiger partial charge in [0.15, 0.2) is 0 Å². The summed E-state index contributed by atoms with van der Waals surface area (Å²) < 4.78 is 19.3. The fourth-order valence-corrected chi connectivity index (χ4v) is 4.78. The highest BCUT2D eigenvalue weighted by Gasteiger charge is 2.54. The molecule has 0 radical (unpaired) electrons. The Morgan fingerprint density at radius 3 is 2.69 bits per heavy atom. The predicted molar refractivity (Wildman–Crippen MR) is 102 cm³/mol. The Morgan fingerprint density at radius 1 is 1.24 bits per heavy atom. The second-order valence-electron chi connectivity index (χ2n) is 8.39. The van der Waals surface area contributed by atoms with Gasteiger partial charge < -0.3 is 19.9 Å².